The maximum absolute atomic E-state index is 13.7. The molecule has 2 amide bonds. The van der Waals surface area contributed by atoms with Gasteiger partial charge >= 0.3 is 6.09 Å². The average Bonchev–Trinajstić information content (AvgIpc) is 3.35. The second kappa shape index (κ2) is 13.7. The Morgan fingerprint density at radius 3 is 2.73 bits per heavy atom. The molecule has 0 aliphatic rings. The molecule has 1 atom stereocenters. The molecule has 1 aromatic heterocycles. The first-order valence-electron chi connectivity index (χ1n) is 11.7. The number of likely N-dealkylation sites (N-methyl/N-ethyl adjacent to an activating group) is 1. The van der Waals surface area contributed by atoms with Crippen LogP contribution in [0.1, 0.15) is 31.2 Å². The van der Waals surface area contributed by atoms with Gasteiger partial charge in [-0.3, -0.25) is 10.1 Å². The SMILES string of the molecule is CN(C(=O)CCc1cccc(F)c1Cl)[C@@H](CCCCO)COC(=O)Nc1cc(-c2cccc(F)c2)on1. The fourth-order valence-electron chi connectivity index (χ4n) is 3.67. The van der Waals surface area contributed by atoms with Gasteiger partial charge in [0.15, 0.2) is 11.6 Å². The second-order valence-corrected chi connectivity index (χ2v) is 8.78. The van der Waals surface area contributed by atoms with Crippen LogP contribution in [0.25, 0.3) is 11.3 Å². The molecule has 2 N–H and O–H groups in total. The molecule has 0 aliphatic heterocycles. The van der Waals surface area contributed by atoms with Crippen LogP contribution in [0.15, 0.2) is 53.1 Å². The predicted octanol–water partition coefficient (Wildman–Crippen LogP) is 5.44. The van der Waals surface area contributed by atoms with Crippen LogP contribution in [-0.4, -0.2) is 53.5 Å². The Bertz CT molecular complexity index is 1210. The van der Waals surface area contributed by atoms with Crippen molar-refractivity contribution in [3.05, 3.63) is 70.8 Å². The summed E-state index contributed by atoms with van der Waals surface area (Å²) in [5, 5.41) is 15.3. The summed E-state index contributed by atoms with van der Waals surface area (Å²) in [5.41, 5.74) is 0.985. The summed E-state index contributed by atoms with van der Waals surface area (Å²) in [7, 11) is 1.60. The summed E-state index contributed by atoms with van der Waals surface area (Å²) in [6, 6.07) is 11.2. The number of ether oxygens (including phenoxy) is 1. The van der Waals surface area contributed by atoms with E-state index in [0.717, 1.165) is 0 Å². The van der Waals surface area contributed by atoms with Crippen molar-refractivity contribution < 1.29 is 32.7 Å². The summed E-state index contributed by atoms with van der Waals surface area (Å²) in [5.74, 6) is -0.864. The number of nitrogens with one attached hydrogen (secondary N) is 1. The third-order valence-electron chi connectivity index (χ3n) is 5.78. The zero-order valence-electron chi connectivity index (χ0n) is 20.3. The van der Waals surface area contributed by atoms with Crippen molar-refractivity contribution in [2.75, 3.05) is 25.6 Å². The van der Waals surface area contributed by atoms with Crippen LogP contribution in [0.5, 0.6) is 0 Å². The number of amides is 2. The molecule has 11 heteroatoms. The monoisotopic (exact) mass is 535 g/mol. The smallest absolute Gasteiger partial charge is 0.412 e. The summed E-state index contributed by atoms with van der Waals surface area (Å²) < 4.78 is 37.6. The molecule has 0 radical (unpaired) electrons. The number of carbonyl (C=O) groups excluding carboxylic acids is 2. The number of unbranched alkanes of at least 4 members (excludes halogenated alkanes) is 1. The quantitative estimate of drug-likeness (QED) is 0.299. The topological polar surface area (TPSA) is 105 Å². The first-order chi connectivity index (χ1) is 17.8. The number of carbonyl (C=O) groups is 2. The van der Waals surface area contributed by atoms with Crippen LogP contribution >= 0.6 is 11.6 Å². The second-order valence-electron chi connectivity index (χ2n) is 8.40. The number of rotatable bonds is 12. The molecule has 0 bridgehead atoms. The van der Waals surface area contributed by atoms with Crippen LogP contribution in [0.3, 0.4) is 0 Å². The highest BCUT2D eigenvalue weighted by Crippen LogP contribution is 2.24. The Morgan fingerprint density at radius 1 is 1.19 bits per heavy atom. The summed E-state index contributed by atoms with van der Waals surface area (Å²) in [6.07, 6.45) is 1.17. The highest BCUT2D eigenvalue weighted by molar-refractivity contribution is 6.31. The van der Waals surface area contributed by atoms with E-state index in [-0.39, 0.29) is 48.6 Å². The lowest BCUT2D eigenvalue weighted by Gasteiger charge is -2.28. The summed E-state index contributed by atoms with van der Waals surface area (Å²) in [6.45, 7) is -0.0988. The van der Waals surface area contributed by atoms with Crippen molar-refractivity contribution in [3.8, 4) is 11.3 Å². The Hall–Kier alpha value is -3.50. The van der Waals surface area contributed by atoms with E-state index in [9.17, 15) is 18.4 Å². The largest absolute Gasteiger partial charge is 0.447 e. The van der Waals surface area contributed by atoms with Crippen LogP contribution < -0.4 is 5.32 Å². The molecule has 2 aromatic carbocycles. The number of aryl methyl sites for hydroxylation is 1. The molecular weight excluding hydrogens is 508 g/mol. The number of halogens is 3. The van der Waals surface area contributed by atoms with Crippen LogP contribution in [-0.2, 0) is 16.0 Å². The molecule has 0 aliphatic carbocycles. The number of hydrogen-bond acceptors (Lipinski definition) is 6. The first kappa shape index (κ1) is 28.1. The average molecular weight is 536 g/mol. The van der Waals surface area contributed by atoms with E-state index in [4.69, 9.17) is 26.0 Å². The number of anilines is 1. The van der Waals surface area contributed by atoms with E-state index in [2.05, 4.69) is 10.5 Å². The van der Waals surface area contributed by atoms with Gasteiger partial charge in [-0.2, -0.15) is 0 Å². The summed E-state index contributed by atoms with van der Waals surface area (Å²) in [4.78, 5) is 26.7. The van der Waals surface area contributed by atoms with Crippen LogP contribution in [0, 0.1) is 11.6 Å². The molecule has 0 unspecified atom stereocenters. The normalized spacial score (nSPS) is 11.7. The van der Waals surface area contributed by atoms with E-state index < -0.39 is 23.8 Å². The van der Waals surface area contributed by atoms with Gasteiger partial charge in [0.1, 0.15) is 18.2 Å². The Labute approximate surface area is 218 Å². The number of nitrogens with zero attached hydrogens (tertiary/aromatic N) is 2. The molecule has 37 heavy (non-hydrogen) atoms. The molecule has 0 saturated heterocycles. The minimum Gasteiger partial charge on any atom is -0.447 e. The van der Waals surface area contributed by atoms with E-state index in [0.29, 0.717) is 30.4 Å². The van der Waals surface area contributed by atoms with Crippen molar-refractivity contribution in [1.82, 2.24) is 10.1 Å². The first-order valence-corrected chi connectivity index (χ1v) is 12.1. The number of aliphatic hydroxyl groups is 1. The van der Waals surface area contributed by atoms with E-state index >= 15 is 0 Å². The Morgan fingerprint density at radius 2 is 1.97 bits per heavy atom. The van der Waals surface area contributed by atoms with E-state index in [1.54, 1.807) is 19.2 Å². The maximum Gasteiger partial charge on any atom is 0.412 e. The zero-order chi connectivity index (χ0) is 26.8. The van der Waals surface area contributed by atoms with Gasteiger partial charge in [-0.1, -0.05) is 41.0 Å². The molecule has 0 saturated carbocycles. The van der Waals surface area contributed by atoms with Crippen molar-refractivity contribution in [3.63, 3.8) is 0 Å². The molecule has 198 valence electrons. The highest BCUT2D eigenvalue weighted by atomic mass is 35.5. The number of aromatic nitrogens is 1. The minimum atomic E-state index is -0.807. The van der Waals surface area contributed by atoms with Gasteiger partial charge in [-0.25, -0.2) is 13.6 Å². The molecule has 1 heterocycles. The number of benzene rings is 2. The zero-order valence-corrected chi connectivity index (χ0v) is 21.0. The van der Waals surface area contributed by atoms with Crippen LogP contribution in [0.4, 0.5) is 19.4 Å². The number of hydrogen-bond donors (Lipinski definition) is 2. The summed E-state index contributed by atoms with van der Waals surface area (Å²) >= 11 is 5.98. The molecular formula is C26H28ClF2N3O5. The fourth-order valence-corrected chi connectivity index (χ4v) is 3.89. The standard InChI is InChI=1S/C26H28ClF2N3O5/c1-32(24(34)12-11-17-6-5-10-21(29)25(17)27)20(9-2-3-13-33)16-36-26(35)30-23-15-22(37-31-23)18-7-4-8-19(28)14-18/h4-8,10,14-15,20,33H,2-3,9,11-13,16H2,1H3,(H,30,31,35)/t20-/m0/s1. The molecule has 0 spiro atoms. The molecule has 3 rings (SSSR count). The number of aliphatic hydroxyl groups excluding tert-OH is 1. The van der Waals surface area contributed by atoms with Crippen molar-refractivity contribution in [2.24, 2.45) is 0 Å². The fraction of sp³-hybridized carbons (Fsp3) is 0.346. The van der Waals surface area contributed by atoms with Gasteiger partial charge in [0.2, 0.25) is 5.91 Å². The third kappa shape index (κ3) is 8.26. The van der Waals surface area contributed by atoms with Crippen molar-refractivity contribution >= 4 is 29.4 Å². The highest BCUT2D eigenvalue weighted by Gasteiger charge is 2.22. The van der Waals surface area contributed by atoms with Gasteiger partial charge in [-0.05, 0) is 49.4 Å². The minimum absolute atomic E-state index is 0.00357. The molecule has 8 nitrogen and oxygen atoms in total. The van der Waals surface area contributed by atoms with Gasteiger partial charge < -0.3 is 19.3 Å². The third-order valence-corrected chi connectivity index (χ3v) is 6.21. The lowest BCUT2D eigenvalue weighted by Crippen LogP contribution is -2.41. The molecule has 0 fully saturated rings. The van der Waals surface area contributed by atoms with Gasteiger partial charge in [-0.15, -0.1) is 0 Å². The lowest BCUT2D eigenvalue weighted by molar-refractivity contribution is -0.132. The Kier molecular flexibility index (Phi) is 10.4. The lowest BCUT2D eigenvalue weighted by atomic mass is 10.1. The van der Waals surface area contributed by atoms with Crippen molar-refractivity contribution in [2.45, 2.75) is 38.1 Å². The predicted molar refractivity (Wildman–Crippen MR) is 134 cm³/mol. The van der Waals surface area contributed by atoms with Gasteiger partial charge in [0.05, 0.1) is 11.1 Å². The van der Waals surface area contributed by atoms with Crippen LogP contribution in [0.2, 0.25) is 5.02 Å². The van der Waals surface area contributed by atoms with E-state index in [1.807, 2.05) is 0 Å². The Balaban J connectivity index is 1.55. The van der Waals surface area contributed by atoms with E-state index in [1.165, 1.54) is 41.3 Å². The molecule has 3 aromatic rings. The van der Waals surface area contributed by atoms with Gasteiger partial charge in [0, 0.05) is 31.7 Å². The van der Waals surface area contributed by atoms with Crippen molar-refractivity contribution in [1.29, 1.82) is 0 Å². The van der Waals surface area contributed by atoms with Gasteiger partial charge in [0.25, 0.3) is 0 Å². The maximum atomic E-state index is 13.7.